The zero-order valence-corrected chi connectivity index (χ0v) is 8.25. The van der Waals surface area contributed by atoms with Crippen molar-refractivity contribution < 1.29 is 13.6 Å². The van der Waals surface area contributed by atoms with Gasteiger partial charge in [0.25, 0.3) is 5.91 Å². The van der Waals surface area contributed by atoms with Crippen molar-refractivity contribution in [2.75, 3.05) is 6.54 Å². The Bertz CT molecular complexity index is 301. The summed E-state index contributed by atoms with van der Waals surface area (Å²) in [5.74, 6) is -0.218. The molecule has 1 aromatic rings. The van der Waals surface area contributed by atoms with Crippen molar-refractivity contribution >= 4 is 5.91 Å². The van der Waals surface area contributed by atoms with E-state index >= 15 is 0 Å². The Labute approximate surface area is 87.3 Å². The molecule has 1 rings (SSSR count). The van der Waals surface area contributed by atoms with Crippen molar-refractivity contribution in [2.24, 2.45) is 0 Å². The Morgan fingerprint density at radius 2 is 1.93 bits per heavy atom. The molecule has 0 heterocycles. The van der Waals surface area contributed by atoms with Crippen LogP contribution in [0.2, 0.25) is 0 Å². The molecule has 0 aliphatic heterocycles. The second-order valence-corrected chi connectivity index (χ2v) is 3.16. The van der Waals surface area contributed by atoms with Gasteiger partial charge < -0.3 is 5.32 Å². The molecule has 1 amide bonds. The topological polar surface area (TPSA) is 29.1 Å². The lowest BCUT2D eigenvalue weighted by Crippen LogP contribution is -2.24. The summed E-state index contributed by atoms with van der Waals surface area (Å²) in [5, 5.41) is 2.58. The summed E-state index contributed by atoms with van der Waals surface area (Å²) >= 11 is 0. The van der Waals surface area contributed by atoms with Crippen LogP contribution in [0.5, 0.6) is 0 Å². The van der Waals surface area contributed by atoms with E-state index in [0.29, 0.717) is 12.0 Å². The molecule has 0 saturated carbocycles. The summed E-state index contributed by atoms with van der Waals surface area (Å²) in [4.78, 5) is 11.4. The van der Waals surface area contributed by atoms with Crippen LogP contribution in [0.25, 0.3) is 0 Å². The Morgan fingerprint density at radius 1 is 1.27 bits per heavy atom. The van der Waals surface area contributed by atoms with E-state index in [0.717, 1.165) is 0 Å². The average Bonchev–Trinajstić information content (AvgIpc) is 2.25. The Hall–Kier alpha value is -1.45. The summed E-state index contributed by atoms with van der Waals surface area (Å²) in [6, 6.07) is 8.70. The molecule has 2 nitrogen and oxygen atoms in total. The number of nitrogens with one attached hydrogen (secondary N) is 1. The van der Waals surface area contributed by atoms with Crippen molar-refractivity contribution in [1.29, 1.82) is 0 Å². The lowest BCUT2D eigenvalue weighted by molar-refractivity contribution is 0.0944. The van der Waals surface area contributed by atoms with Crippen molar-refractivity contribution in [2.45, 2.75) is 19.3 Å². The van der Waals surface area contributed by atoms with Crippen LogP contribution in [0, 0.1) is 0 Å². The van der Waals surface area contributed by atoms with Crippen LogP contribution < -0.4 is 5.32 Å². The first-order valence-electron chi connectivity index (χ1n) is 4.81. The van der Waals surface area contributed by atoms with E-state index in [4.69, 9.17) is 0 Å². The van der Waals surface area contributed by atoms with Gasteiger partial charge in [0.15, 0.2) is 0 Å². The van der Waals surface area contributed by atoms with E-state index in [1.807, 2.05) is 6.07 Å². The minimum absolute atomic E-state index is 0.172. The number of benzene rings is 1. The summed E-state index contributed by atoms with van der Waals surface area (Å²) in [7, 11) is 0. The maximum atomic E-state index is 11.8. The van der Waals surface area contributed by atoms with Crippen LogP contribution in [0.15, 0.2) is 30.3 Å². The second kappa shape index (κ2) is 6.11. The molecule has 0 atom stereocenters. The minimum atomic E-state index is -2.29. The standard InChI is InChI=1S/C11H13F2NO/c12-10(13)7-4-8-14-11(15)9-5-2-1-3-6-9/h1-3,5-6,10H,4,7-8H2,(H,14,15). The van der Waals surface area contributed by atoms with Crippen LogP contribution in [0.1, 0.15) is 23.2 Å². The Morgan fingerprint density at radius 3 is 2.53 bits per heavy atom. The maximum Gasteiger partial charge on any atom is 0.251 e. The first kappa shape index (κ1) is 11.6. The predicted molar refractivity (Wildman–Crippen MR) is 54.0 cm³/mol. The molecule has 82 valence electrons. The summed E-state index contributed by atoms with van der Waals surface area (Å²) in [6.07, 6.45) is -2.16. The van der Waals surface area contributed by atoms with Gasteiger partial charge in [-0.25, -0.2) is 8.78 Å². The summed E-state index contributed by atoms with van der Waals surface area (Å²) in [6.45, 7) is 0.290. The van der Waals surface area contributed by atoms with E-state index in [2.05, 4.69) is 5.32 Å². The highest BCUT2D eigenvalue weighted by Crippen LogP contribution is 2.02. The average molecular weight is 213 g/mol. The molecule has 1 N–H and O–H groups in total. The van der Waals surface area contributed by atoms with E-state index in [1.54, 1.807) is 24.3 Å². The minimum Gasteiger partial charge on any atom is -0.352 e. The number of amides is 1. The number of carbonyl (C=O) groups excluding carboxylic acids is 1. The van der Waals surface area contributed by atoms with Gasteiger partial charge in [-0.3, -0.25) is 4.79 Å². The van der Waals surface area contributed by atoms with Gasteiger partial charge in [-0.1, -0.05) is 18.2 Å². The fourth-order valence-electron chi connectivity index (χ4n) is 1.15. The van der Waals surface area contributed by atoms with Gasteiger partial charge in [0.05, 0.1) is 0 Å². The van der Waals surface area contributed by atoms with Gasteiger partial charge in [-0.05, 0) is 18.6 Å². The molecule has 0 fully saturated rings. The molecular formula is C11H13F2NO. The molecule has 0 aliphatic rings. The Balaban J connectivity index is 2.25. The zero-order chi connectivity index (χ0) is 11.1. The van der Waals surface area contributed by atoms with Crippen LogP contribution in [-0.2, 0) is 0 Å². The van der Waals surface area contributed by atoms with Gasteiger partial charge in [-0.2, -0.15) is 0 Å². The molecule has 0 bridgehead atoms. The number of hydrogen-bond acceptors (Lipinski definition) is 1. The monoisotopic (exact) mass is 213 g/mol. The fourth-order valence-corrected chi connectivity index (χ4v) is 1.15. The Kier molecular flexibility index (Phi) is 4.74. The normalized spacial score (nSPS) is 10.3. The highest BCUT2D eigenvalue weighted by atomic mass is 19.3. The van der Waals surface area contributed by atoms with Crippen LogP contribution in [0.3, 0.4) is 0 Å². The first-order chi connectivity index (χ1) is 7.20. The molecule has 0 radical (unpaired) electrons. The molecular weight excluding hydrogens is 200 g/mol. The molecule has 15 heavy (non-hydrogen) atoms. The third-order valence-corrected chi connectivity index (χ3v) is 1.92. The number of halogens is 2. The van der Waals surface area contributed by atoms with Gasteiger partial charge in [0.2, 0.25) is 6.43 Å². The molecule has 1 aromatic carbocycles. The van der Waals surface area contributed by atoms with Gasteiger partial charge >= 0.3 is 0 Å². The quantitative estimate of drug-likeness (QED) is 0.748. The highest BCUT2D eigenvalue weighted by Gasteiger charge is 2.05. The zero-order valence-electron chi connectivity index (χ0n) is 8.25. The van der Waals surface area contributed by atoms with Crippen molar-refractivity contribution in [3.8, 4) is 0 Å². The third-order valence-electron chi connectivity index (χ3n) is 1.92. The predicted octanol–water partition coefficient (Wildman–Crippen LogP) is 2.46. The SMILES string of the molecule is O=C(NCCCC(F)F)c1ccccc1. The third kappa shape index (κ3) is 4.54. The molecule has 0 spiro atoms. The van der Waals surface area contributed by atoms with Crippen molar-refractivity contribution in [3.63, 3.8) is 0 Å². The van der Waals surface area contributed by atoms with Crippen LogP contribution >= 0.6 is 0 Å². The van der Waals surface area contributed by atoms with Gasteiger partial charge in [-0.15, -0.1) is 0 Å². The second-order valence-electron chi connectivity index (χ2n) is 3.16. The molecule has 0 saturated heterocycles. The molecule has 0 unspecified atom stereocenters. The smallest absolute Gasteiger partial charge is 0.251 e. The van der Waals surface area contributed by atoms with Gasteiger partial charge in [0.1, 0.15) is 0 Å². The maximum absolute atomic E-state index is 11.8. The molecule has 4 heteroatoms. The van der Waals surface area contributed by atoms with Crippen LogP contribution in [-0.4, -0.2) is 18.9 Å². The van der Waals surface area contributed by atoms with E-state index in [-0.39, 0.29) is 18.9 Å². The lowest BCUT2D eigenvalue weighted by atomic mass is 10.2. The van der Waals surface area contributed by atoms with Gasteiger partial charge in [0, 0.05) is 18.5 Å². The van der Waals surface area contributed by atoms with E-state index in [9.17, 15) is 13.6 Å². The first-order valence-corrected chi connectivity index (χ1v) is 4.81. The molecule has 0 aromatic heterocycles. The van der Waals surface area contributed by atoms with Crippen molar-refractivity contribution in [1.82, 2.24) is 5.32 Å². The van der Waals surface area contributed by atoms with E-state index < -0.39 is 6.43 Å². The number of hydrogen-bond donors (Lipinski definition) is 1. The lowest BCUT2D eigenvalue weighted by Gasteiger charge is -2.04. The highest BCUT2D eigenvalue weighted by molar-refractivity contribution is 5.94. The van der Waals surface area contributed by atoms with Crippen molar-refractivity contribution in [3.05, 3.63) is 35.9 Å². The fraction of sp³-hybridized carbons (Fsp3) is 0.364. The molecule has 0 aliphatic carbocycles. The summed E-state index contributed by atoms with van der Waals surface area (Å²) in [5.41, 5.74) is 0.551. The van der Waals surface area contributed by atoms with Crippen LogP contribution in [0.4, 0.5) is 8.78 Å². The number of rotatable bonds is 5. The summed E-state index contributed by atoms with van der Waals surface area (Å²) < 4.78 is 23.5. The number of alkyl halides is 2. The largest absolute Gasteiger partial charge is 0.352 e. The number of carbonyl (C=O) groups is 1. The van der Waals surface area contributed by atoms with E-state index in [1.165, 1.54) is 0 Å².